The highest BCUT2D eigenvalue weighted by atomic mass is 35.5. The maximum Gasteiger partial charge on any atom is 0.233 e. The third-order valence-electron chi connectivity index (χ3n) is 3.37. The molecule has 0 N–H and O–H groups in total. The number of rotatable bonds is 4. The zero-order valence-corrected chi connectivity index (χ0v) is 13.4. The quantitative estimate of drug-likeness (QED) is 0.799. The predicted molar refractivity (Wildman–Crippen MR) is 84.3 cm³/mol. The lowest BCUT2D eigenvalue weighted by atomic mass is 10.1. The van der Waals surface area contributed by atoms with Gasteiger partial charge in [-0.15, -0.1) is 11.8 Å². The Hall–Kier alpha value is -1.22. The number of carbonyl (C=O) groups excluding carboxylic acids is 1. The highest BCUT2D eigenvalue weighted by molar-refractivity contribution is 8.00. The van der Waals surface area contributed by atoms with Crippen molar-refractivity contribution in [3.8, 4) is 6.07 Å². The van der Waals surface area contributed by atoms with Gasteiger partial charge in [0.2, 0.25) is 5.91 Å². The molecule has 6 heteroatoms. The second kappa shape index (κ2) is 7.69. The van der Waals surface area contributed by atoms with Gasteiger partial charge in [-0.2, -0.15) is 5.26 Å². The minimum Gasteiger partial charge on any atom is -0.370 e. The molecule has 4 nitrogen and oxygen atoms in total. The lowest BCUT2D eigenvalue weighted by Crippen LogP contribution is -2.49. The van der Waals surface area contributed by atoms with Gasteiger partial charge in [0.05, 0.1) is 36.8 Å². The first-order valence-electron chi connectivity index (χ1n) is 6.73. The van der Waals surface area contributed by atoms with Crippen molar-refractivity contribution >= 4 is 29.3 Å². The van der Waals surface area contributed by atoms with Crippen molar-refractivity contribution in [2.24, 2.45) is 0 Å². The molecule has 0 bridgehead atoms. The summed E-state index contributed by atoms with van der Waals surface area (Å²) in [6.45, 7) is 3.00. The second-order valence-corrected chi connectivity index (χ2v) is 6.35. The monoisotopic (exact) mass is 324 g/mol. The Bertz CT molecular complexity index is 547. The number of benzene rings is 1. The molecule has 0 aliphatic carbocycles. The molecule has 1 aliphatic rings. The van der Waals surface area contributed by atoms with Crippen molar-refractivity contribution in [1.82, 2.24) is 4.90 Å². The zero-order chi connectivity index (χ0) is 15.2. The highest BCUT2D eigenvalue weighted by Gasteiger charge is 2.30. The molecular formula is C15H17ClN2O2S. The Morgan fingerprint density at radius 3 is 3.14 bits per heavy atom. The van der Waals surface area contributed by atoms with E-state index in [2.05, 4.69) is 0 Å². The van der Waals surface area contributed by atoms with Crippen LogP contribution in [0.15, 0.2) is 24.3 Å². The Morgan fingerprint density at radius 2 is 2.43 bits per heavy atom. The number of nitriles is 1. The standard InChI is InChI=1S/C15H17ClN2O2S/c1-11-9-20-14(12-3-2-4-13(16)7-12)8-18(11)15(19)10-21-6-5-17/h2-4,7,11,14H,6,8-10H2,1H3. The lowest BCUT2D eigenvalue weighted by molar-refractivity contribution is -0.141. The molecular weight excluding hydrogens is 308 g/mol. The molecule has 21 heavy (non-hydrogen) atoms. The summed E-state index contributed by atoms with van der Waals surface area (Å²) in [6, 6.07) is 9.61. The van der Waals surface area contributed by atoms with Crippen molar-refractivity contribution in [2.75, 3.05) is 24.7 Å². The smallest absolute Gasteiger partial charge is 0.233 e. The number of hydrogen-bond donors (Lipinski definition) is 0. The van der Waals surface area contributed by atoms with Crippen LogP contribution in [-0.2, 0) is 9.53 Å². The number of hydrogen-bond acceptors (Lipinski definition) is 4. The molecule has 0 saturated carbocycles. The number of halogens is 1. The Morgan fingerprint density at radius 1 is 1.62 bits per heavy atom. The van der Waals surface area contributed by atoms with E-state index in [4.69, 9.17) is 21.6 Å². The van der Waals surface area contributed by atoms with Gasteiger partial charge in [-0.3, -0.25) is 4.79 Å². The third-order valence-corrected chi connectivity index (χ3v) is 4.39. The molecule has 1 saturated heterocycles. The number of amides is 1. The summed E-state index contributed by atoms with van der Waals surface area (Å²) in [4.78, 5) is 14.1. The number of thioether (sulfide) groups is 1. The second-order valence-electron chi connectivity index (χ2n) is 4.92. The summed E-state index contributed by atoms with van der Waals surface area (Å²) in [6.07, 6.45) is -0.148. The van der Waals surface area contributed by atoms with Crippen molar-refractivity contribution < 1.29 is 9.53 Å². The van der Waals surface area contributed by atoms with Crippen molar-refractivity contribution in [2.45, 2.75) is 19.1 Å². The van der Waals surface area contributed by atoms with Crippen LogP contribution in [0.3, 0.4) is 0 Å². The number of carbonyl (C=O) groups is 1. The summed E-state index contributed by atoms with van der Waals surface area (Å²) < 4.78 is 5.83. The van der Waals surface area contributed by atoms with Crippen LogP contribution in [-0.4, -0.2) is 41.5 Å². The fourth-order valence-corrected chi connectivity index (χ4v) is 3.01. The average Bonchev–Trinajstić information content (AvgIpc) is 2.48. The van der Waals surface area contributed by atoms with E-state index in [1.807, 2.05) is 42.2 Å². The molecule has 0 spiro atoms. The van der Waals surface area contributed by atoms with Crippen LogP contribution in [0.25, 0.3) is 0 Å². The molecule has 112 valence electrons. The maximum absolute atomic E-state index is 12.2. The Labute approximate surface area is 134 Å². The van der Waals surface area contributed by atoms with Gasteiger partial charge in [-0.05, 0) is 24.6 Å². The predicted octanol–water partition coefficient (Wildman–Crippen LogP) is 2.89. The van der Waals surface area contributed by atoms with Gasteiger partial charge in [0.25, 0.3) is 0 Å². The third kappa shape index (κ3) is 4.37. The van der Waals surface area contributed by atoms with Crippen LogP contribution < -0.4 is 0 Å². The van der Waals surface area contributed by atoms with E-state index in [0.717, 1.165) is 5.56 Å². The molecule has 1 aromatic carbocycles. The Kier molecular flexibility index (Phi) is 5.92. The van der Waals surface area contributed by atoms with Gasteiger partial charge in [0.1, 0.15) is 6.10 Å². The van der Waals surface area contributed by atoms with Crippen molar-refractivity contribution in [3.63, 3.8) is 0 Å². The largest absolute Gasteiger partial charge is 0.370 e. The summed E-state index contributed by atoms with van der Waals surface area (Å²) in [7, 11) is 0. The van der Waals surface area contributed by atoms with Gasteiger partial charge in [-0.25, -0.2) is 0 Å². The molecule has 0 aromatic heterocycles. The Balaban J connectivity index is 2.02. The van der Waals surface area contributed by atoms with Crippen LogP contribution in [0.2, 0.25) is 5.02 Å². The van der Waals surface area contributed by atoms with E-state index in [9.17, 15) is 4.79 Å². The van der Waals surface area contributed by atoms with Gasteiger partial charge >= 0.3 is 0 Å². The summed E-state index contributed by atoms with van der Waals surface area (Å²) >= 11 is 7.35. The van der Waals surface area contributed by atoms with Crippen LogP contribution in [0.4, 0.5) is 0 Å². The van der Waals surface area contributed by atoms with E-state index in [1.54, 1.807) is 0 Å². The summed E-state index contributed by atoms with van der Waals surface area (Å²) in [5, 5.41) is 9.19. The number of ether oxygens (including phenoxy) is 1. The molecule has 2 rings (SSSR count). The van der Waals surface area contributed by atoms with Crippen LogP contribution in [0.5, 0.6) is 0 Å². The first-order valence-corrected chi connectivity index (χ1v) is 8.26. The molecule has 1 heterocycles. The topological polar surface area (TPSA) is 53.3 Å². The van der Waals surface area contributed by atoms with E-state index in [0.29, 0.717) is 29.7 Å². The van der Waals surface area contributed by atoms with Crippen LogP contribution >= 0.6 is 23.4 Å². The van der Waals surface area contributed by atoms with Gasteiger partial charge in [0.15, 0.2) is 0 Å². The number of nitrogens with zero attached hydrogens (tertiary/aromatic N) is 2. The van der Waals surface area contributed by atoms with Gasteiger partial charge in [-0.1, -0.05) is 23.7 Å². The average molecular weight is 325 g/mol. The molecule has 0 radical (unpaired) electrons. The summed E-state index contributed by atoms with van der Waals surface area (Å²) in [5.74, 6) is 0.723. The van der Waals surface area contributed by atoms with Crippen LogP contribution in [0.1, 0.15) is 18.6 Å². The van der Waals surface area contributed by atoms with Gasteiger partial charge < -0.3 is 9.64 Å². The molecule has 1 aliphatic heterocycles. The van der Waals surface area contributed by atoms with E-state index in [-0.39, 0.29) is 18.1 Å². The highest BCUT2D eigenvalue weighted by Crippen LogP contribution is 2.27. The lowest BCUT2D eigenvalue weighted by Gasteiger charge is -2.38. The molecule has 1 fully saturated rings. The first-order chi connectivity index (χ1) is 10.1. The zero-order valence-electron chi connectivity index (χ0n) is 11.8. The van der Waals surface area contributed by atoms with E-state index >= 15 is 0 Å². The van der Waals surface area contributed by atoms with Crippen LogP contribution in [0, 0.1) is 11.3 Å². The van der Waals surface area contributed by atoms with Crippen molar-refractivity contribution in [3.05, 3.63) is 34.9 Å². The van der Waals surface area contributed by atoms with Crippen molar-refractivity contribution in [1.29, 1.82) is 5.26 Å². The normalized spacial score (nSPS) is 21.9. The first kappa shape index (κ1) is 16.2. The number of morpholine rings is 1. The van der Waals surface area contributed by atoms with E-state index in [1.165, 1.54) is 11.8 Å². The SMILES string of the molecule is CC1COC(c2cccc(Cl)c2)CN1C(=O)CSCC#N. The fourth-order valence-electron chi connectivity index (χ4n) is 2.28. The maximum atomic E-state index is 12.2. The van der Waals surface area contributed by atoms with Gasteiger partial charge in [0, 0.05) is 5.02 Å². The molecule has 1 amide bonds. The molecule has 1 aromatic rings. The van der Waals surface area contributed by atoms with E-state index < -0.39 is 0 Å². The molecule has 2 atom stereocenters. The minimum atomic E-state index is -0.148. The minimum absolute atomic E-state index is 0.0515. The summed E-state index contributed by atoms with van der Waals surface area (Å²) in [5.41, 5.74) is 0.983. The molecule has 2 unspecified atom stereocenters. The fraction of sp³-hybridized carbons (Fsp3) is 0.467.